The minimum atomic E-state index is -0.286. The number of carbonyl (C=O) groups excluding carboxylic acids is 1. The number of rotatable bonds is 2. The van der Waals surface area contributed by atoms with Crippen molar-refractivity contribution in [3.8, 4) is 0 Å². The second-order valence-corrected chi connectivity index (χ2v) is 2.13. The maximum absolute atomic E-state index is 10.4. The third-order valence-electron chi connectivity index (χ3n) is 1.22. The Balaban J connectivity index is 0.000000561. The zero-order valence-electron chi connectivity index (χ0n) is 6.27. The Hall–Kier alpha value is -0.358. The molecule has 69 valence electrons. The molecule has 0 aliphatic carbocycles. The second kappa shape index (κ2) is 7.30. The summed E-state index contributed by atoms with van der Waals surface area (Å²) in [5.74, 6) is -0.286. The van der Waals surface area contributed by atoms with Crippen molar-refractivity contribution < 1.29 is 23.0 Å². The summed E-state index contributed by atoms with van der Waals surface area (Å²) >= 11 is 2.22. The van der Waals surface area contributed by atoms with Gasteiger partial charge in [-0.2, -0.15) is 0 Å². The normalized spacial score (nSPS) is 8.25. The summed E-state index contributed by atoms with van der Waals surface area (Å²) in [7, 11) is 4.49. The molecular formula is C8H9ClNOPd. The van der Waals surface area contributed by atoms with Crippen LogP contribution in [0.5, 0.6) is 0 Å². The zero-order chi connectivity index (χ0) is 9.40. The van der Waals surface area contributed by atoms with Crippen LogP contribution in [0, 0.1) is 0 Å². The molecule has 1 aromatic rings. The Kier molecular flexibility index (Phi) is 7.08. The van der Waals surface area contributed by atoms with Crippen molar-refractivity contribution in [3.05, 3.63) is 35.9 Å². The van der Waals surface area contributed by atoms with E-state index in [9.17, 15) is 4.79 Å². The molecule has 0 aliphatic heterocycles. The van der Waals surface area contributed by atoms with Gasteiger partial charge in [0.05, 0.1) is 6.42 Å². The molecule has 0 bridgehead atoms. The Morgan fingerprint density at radius 2 is 1.83 bits per heavy atom. The van der Waals surface area contributed by atoms with Gasteiger partial charge in [0.15, 0.2) is 0 Å². The van der Waals surface area contributed by atoms with Gasteiger partial charge in [-0.3, -0.25) is 4.79 Å². The molecule has 0 saturated carbocycles. The number of halogens is 1. The van der Waals surface area contributed by atoms with Crippen molar-refractivity contribution in [2.75, 3.05) is 0 Å². The first-order valence-electron chi connectivity index (χ1n) is 3.23. The number of nitrogens with two attached hydrogens (primary N) is 1. The van der Waals surface area contributed by atoms with Crippen molar-refractivity contribution >= 4 is 15.4 Å². The van der Waals surface area contributed by atoms with Crippen LogP contribution in [-0.4, -0.2) is 5.91 Å². The molecule has 0 saturated heterocycles. The van der Waals surface area contributed by atoms with Crippen molar-refractivity contribution in [1.29, 1.82) is 0 Å². The van der Waals surface area contributed by atoms with E-state index in [4.69, 9.17) is 5.73 Å². The molecule has 1 rings (SSSR count). The number of hydrogen-bond acceptors (Lipinski definition) is 1. The van der Waals surface area contributed by atoms with Crippen LogP contribution in [0.1, 0.15) is 5.56 Å². The van der Waals surface area contributed by atoms with Crippen LogP contribution < -0.4 is 5.73 Å². The predicted octanol–water partition coefficient (Wildman–Crippen LogP) is 1.40. The Morgan fingerprint density at radius 3 is 2.25 bits per heavy atom. The molecule has 1 amide bonds. The average Bonchev–Trinajstić information content (AvgIpc) is 2.08. The van der Waals surface area contributed by atoms with Crippen molar-refractivity contribution in [3.63, 3.8) is 0 Å². The summed E-state index contributed by atoms with van der Waals surface area (Å²) < 4.78 is 0. The predicted molar refractivity (Wildman–Crippen MR) is 45.2 cm³/mol. The fraction of sp³-hybridized carbons (Fsp3) is 0.125. The third-order valence-corrected chi connectivity index (χ3v) is 1.22. The second-order valence-electron chi connectivity index (χ2n) is 2.13. The van der Waals surface area contributed by atoms with Crippen LogP contribution in [0.2, 0.25) is 0 Å². The van der Waals surface area contributed by atoms with E-state index in [1.807, 2.05) is 30.3 Å². The molecule has 0 heterocycles. The summed E-state index contributed by atoms with van der Waals surface area (Å²) in [6.07, 6.45) is 0.334. The van der Waals surface area contributed by atoms with Gasteiger partial charge < -0.3 is 5.73 Å². The third kappa shape index (κ3) is 5.31. The quantitative estimate of drug-likeness (QED) is 0.816. The van der Waals surface area contributed by atoms with Gasteiger partial charge in [0.1, 0.15) is 0 Å². The number of benzene rings is 1. The van der Waals surface area contributed by atoms with Gasteiger partial charge in [-0.25, -0.2) is 0 Å². The van der Waals surface area contributed by atoms with Crippen LogP contribution in [0.15, 0.2) is 30.3 Å². The first-order chi connectivity index (χ1) is 5.79. The van der Waals surface area contributed by atoms with Gasteiger partial charge in [-0.1, -0.05) is 30.3 Å². The molecule has 0 fully saturated rings. The Labute approximate surface area is 86.5 Å². The molecule has 2 N–H and O–H groups in total. The molecule has 0 radical (unpaired) electrons. The first-order valence-corrected chi connectivity index (χ1v) is 5.23. The summed E-state index contributed by atoms with van der Waals surface area (Å²) in [5, 5.41) is 0. The van der Waals surface area contributed by atoms with Crippen molar-refractivity contribution in [2.24, 2.45) is 5.73 Å². The topological polar surface area (TPSA) is 43.1 Å². The van der Waals surface area contributed by atoms with Crippen LogP contribution >= 0.6 is 9.53 Å². The molecule has 1 aromatic carbocycles. The molecule has 0 aromatic heterocycles. The number of amides is 1. The van der Waals surface area contributed by atoms with Gasteiger partial charge in [0.25, 0.3) is 0 Å². The van der Waals surface area contributed by atoms with Gasteiger partial charge in [-0.05, 0) is 5.56 Å². The average molecular weight is 277 g/mol. The van der Waals surface area contributed by atoms with E-state index in [0.29, 0.717) is 6.42 Å². The fourth-order valence-electron chi connectivity index (χ4n) is 0.797. The zero-order valence-corrected chi connectivity index (χ0v) is 8.58. The fourth-order valence-corrected chi connectivity index (χ4v) is 0.797. The molecule has 2 nitrogen and oxygen atoms in total. The first kappa shape index (κ1) is 11.6. The van der Waals surface area contributed by atoms with E-state index in [2.05, 4.69) is 27.7 Å². The maximum atomic E-state index is 10.4. The van der Waals surface area contributed by atoms with Gasteiger partial charge in [-0.15, -0.1) is 0 Å². The van der Waals surface area contributed by atoms with Gasteiger partial charge in [0.2, 0.25) is 5.91 Å². The van der Waals surface area contributed by atoms with Crippen molar-refractivity contribution in [2.45, 2.75) is 6.42 Å². The number of hydrogen-bond donors (Lipinski definition) is 1. The SMILES string of the molecule is NC(=O)Cc1ccccc1.[Cl][Pd]. The van der Waals surface area contributed by atoms with Crippen molar-refractivity contribution in [1.82, 2.24) is 0 Å². The summed E-state index contributed by atoms with van der Waals surface area (Å²) in [5.41, 5.74) is 5.95. The monoisotopic (exact) mass is 276 g/mol. The molecular weight excluding hydrogens is 268 g/mol. The van der Waals surface area contributed by atoms with Crippen LogP contribution in [0.3, 0.4) is 0 Å². The standard InChI is InChI=1S/C8H9NO.ClH.Pd/c9-8(10)6-7-4-2-1-3-5-7;;/h1-5H,6H2,(H2,9,10);1H;/q;;+1/p-1. The number of carbonyl (C=O) groups is 1. The van der Waals surface area contributed by atoms with E-state index in [1.54, 1.807) is 0 Å². The molecule has 4 heteroatoms. The summed E-state index contributed by atoms with van der Waals surface area (Å²) in [4.78, 5) is 10.4. The van der Waals surface area contributed by atoms with E-state index in [1.165, 1.54) is 0 Å². The Bertz CT molecular complexity index is 228. The van der Waals surface area contributed by atoms with Crippen LogP contribution in [0.25, 0.3) is 0 Å². The van der Waals surface area contributed by atoms with Gasteiger partial charge >= 0.3 is 27.7 Å². The number of primary amides is 1. The molecule has 12 heavy (non-hydrogen) atoms. The Morgan fingerprint density at radius 1 is 1.33 bits per heavy atom. The van der Waals surface area contributed by atoms with E-state index < -0.39 is 0 Å². The van der Waals surface area contributed by atoms with Gasteiger partial charge in [0, 0.05) is 0 Å². The summed E-state index contributed by atoms with van der Waals surface area (Å²) in [6.45, 7) is 0. The summed E-state index contributed by atoms with van der Waals surface area (Å²) in [6, 6.07) is 9.44. The molecule has 0 aliphatic rings. The van der Waals surface area contributed by atoms with Crippen LogP contribution in [-0.2, 0) is 29.4 Å². The molecule has 0 unspecified atom stereocenters. The minimum absolute atomic E-state index is 0.286. The molecule has 0 spiro atoms. The molecule has 0 atom stereocenters. The van der Waals surface area contributed by atoms with Crippen LogP contribution in [0.4, 0.5) is 0 Å². The van der Waals surface area contributed by atoms with E-state index in [0.717, 1.165) is 5.56 Å². The van der Waals surface area contributed by atoms with E-state index >= 15 is 0 Å². The van der Waals surface area contributed by atoms with E-state index in [-0.39, 0.29) is 5.91 Å².